The van der Waals surface area contributed by atoms with Gasteiger partial charge < -0.3 is 10.1 Å². The van der Waals surface area contributed by atoms with Gasteiger partial charge in [0.15, 0.2) is 0 Å². The number of hydrogen-bond donors (Lipinski definition) is 2. The van der Waals surface area contributed by atoms with Crippen molar-refractivity contribution in [3.8, 4) is 5.75 Å². The van der Waals surface area contributed by atoms with Gasteiger partial charge >= 0.3 is 0 Å². The molecule has 2 aromatic carbocycles. The molecule has 6 nitrogen and oxygen atoms in total. The Hall–Kier alpha value is -2.80. The van der Waals surface area contributed by atoms with Crippen LogP contribution in [0.1, 0.15) is 17.3 Å². The van der Waals surface area contributed by atoms with Gasteiger partial charge in [-0.15, -0.1) is 0 Å². The van der Waals surface area contributed by atoms with E-state index in [0.29, 0.717) is 29.3 Å². The zero-order chi connectivity index (χ0) is 18.3. The van der Waals surface area contributed by atoms with E-state index in [2.05, 4.69) is 16.6 Å². The molecule has 0 aliphatic carbocycles. The van der Waals surface area contributed by atoms with E-state index in [0.717, 1.165) is 0 Å². The van der Waals surface area contributed by atoms with Gasteiger partial charge in [0.25, 0.3) is 5.91 Å². The average molecular weight is 360 g/mol. The zero-order valence-corrected chi connectivity index (χ0v) is 14.7. The second-order valence-corrected chi connectivity index (χ2v) is 7.17. The normalized spacial score (nSPS) is 10.8. The van der Waals surface area contributed by atoms with Crippen LogP contribution in [0.2, 0.25) is 0 Å². The molecule has 0 fully saturated rings. The van der Waals surface area contributed by atoms with Crippen LogP contribution in [-0.2, 0) is 10.0 Å². The second kappa shape index (κ2) is 8.34. The van der Waals surface area contributed by atoms with Gasteiger partial charge in [-0.05, 0) is 55.5 Å². The van der Waals surface area contributed by atoms with Gasteiger partial charge in [-0.1, -0.05) is 12.7 Å². The third-order valence-electron chi connectivity index (χ3n) is 3.28. The van der Waals surface area contributed by atoms with Gasteiger partial charge in [0, 0.05) is 16.9 Å². The highest BCUT2D eigenvalue weighted by atomic mass is 32.2. The van der Waals surface area contributed by atoms with Crippen LogP contribution in [0.4, 0.5) is 11.4 Å². The van der Waals surface area contributed by atoms with Crippen LogP contribution in [0.3, 0.4) is 0 Å². The van der Waals surface area contributed by atoms with Crippen molar-refractivity contribution in [3.05, 3.63) is 66.7 Å². The number of carbonyl (C=O) groups excluding carboxylic acids is 1. The molecule has 2 rings (SSSR count). The fourth-order valence-electron chi connectivity index (χ4n) is 1.93. The van der Waals surface area contributed by atoms with Crippen LogP contribution >= 0.6 is 0 Å². The summed E-state index contributed by atoms with van der Waals surface area (Å²) in [4.78, 5) is 12.2. The van der Waals surface area contributed by atoms with Crippen LogP contribution in [0.15, 0.2) is 61.2 Å². The molecule has 0 spiro atoms. The number of ether oxygens (including phenoxy) is 1. The summed E-state index contributed by atoms with van der Waals surface area (Å²) in [6.07, 6.45) is 1.65. The van der Waals surface area contributed by atoms with Crippen LogP contribution in [-0.4, -0.2) is 26.7 Å². The molecular weight excluding hydrogens is 340 g/mol. The van der Waals surface area contributed by atoms with Crippen molar-refractivity contribution >= 4 is 27.3 Å². The highest BCUT2D eigenvalue weighted by Crippen LogP contribution is 2.17. The van der Waals surface area contributed by atoms with Gasteiger partial charge in [-0.3, -0.25) is 9.52 Å². The average Bonchev–Trinajstić information content (AvgIpc) is 2.61. The van der Waals surface area contributed by atoms with E-state index in [4.69, 9.17) is 4.74 Å². The lowest BCUT2D eigenvalue weighted by Crippen LogP contribution is -2.15. The minimum Gasteiger partial charge on any atom is -0.490 e. The Morgan fingerprint density at radius 1 is 1.08 bits per heavy atom. The molecular formula is C18H20N2O4S. The van der Waals surface area contributed by atoms with Crippen LogP contribution < -0.4 is 14.8 Å². The first-order chi connectivity index (χ1) is 11.9. The highest BCUT2D eigenvalue weighted by Gasteiger charge is 2.09. The maximum absolute atomic E-state index is 12.2. The first-order valence-corrected chi connectivity index (χ1v) is 9.34. The van der Waals surface area contributed by atoms with Crippen molar-refractivity contribution in [1.29, 1.82) is 0 Å². The monoisotopic (exact) mass is 360 g/mol. The van der Waals surface area contributed by atoms with E-state index >= 15 is 0 Å². The molecule has 0 aromatic heterocycles. The van der Waals surface area contributed by atoms with Crippen molar-refractivity contribution in [2.45, 2.75) is 6.92 Å². The lowest BCUT2D eigenvalue weighted by molar-refractivity contribution is 0.102. The van der Waals surface area contributed by atoms with Crippen molar-refractivity contribution in [1.82, 2.24) is 0 Å². The summed E-state index contributed by atoms with van der Waals surface area (Å²) in [5.41, 5.74) is 1.47. The van der Waals surface area contributed by atoms with Gasteiger partial charge in [-0.2, -0.15) is 0 Å². The first-order valence-electron chi connectivity index (χ1n) is 7.69. The SMILES string of the molecule is C=CCOc1ccc(NC(=O)c2ccc(NS(=O)(=O)CC)cc2)cc1. The Morgan fingerprint density at radius 2 is 1.68 bits per heavy atom. The van der Waals surface area contributed by atoms with Crippen molar-refractivity contribution < 1.29 is 17.9 Å². The van der Waals surface area contributed by atoms with Crippen molar-refractivity contribution in [2.24, 2.45) is 0 Å². The topological polar surface area (TPSA) is 84.5 Å². The van der Waals surface area contributed by atoms with E-state index in [1.165, 1.54) is 0 Å². The maximum Gasteiger partial charge on any atom is 0.255 e. The Kier molecular flexibility index (Phi) is 6.19. The lowest BCUT2D eigenvalue weighted by Gasteiger charge is -2.09. The summed E-state index contributed by atoms with van der Waals surface area (Å²) in [5.74, 6) is 0.386. The van der Waals surface area contributed by atoms with E-state index in [1.807, 2.05) is 0 Å². The zero-order valence-electron chi connectivity index (χ0n) is 13.9. The second-order valence-electron chi connectivity index (χ2n) is 5.16. The molecule has 0 aliphatic heterocycles. The molecule has 2 N–H and O–H groups in total. The van der Waals surface area contributed by atoms with Crippen LogP contribution in [0.5, 0.6) is 5.75 Å². The molecule has 0 radical (unpaired) electrons. The van der Waals surface area contributed by atoms with Crippen LogP contribution in [0.25, 0.3) is 0 Å². The fourth-order valence-corrected chi connectivity index (χ4v) is 2.57. The number of rotatable bonds is 8. The Morgan fingerprint density at radius 3 is 2.24 bits per heavy atom. The molecule has 0 saturated heterocycles. The Balaban J connectivity index is 1.99. The highest BCUT2D eigenvalue weighted by molar-refractivity contribution is 7.92. The largest absolute Gasteiger partial charge is 0.490 e. The quantitative estimate of drug-likeness (QED) is 0.708. The molecule has 0 bridgehead atoms. The van der Waals surface area contributed by atoms with E-state index in [1.54, 1.807) is 61.5 Å². The molecule has 132 valence electrons. The first kappa shape index (κ1) is 18.5. The van der Waals surface area contributed by atoms with Crippen LogP contribution in [0, 0.1) is 0 Å². The molecule has 25 heavy (non-hydrogen) atoms. The number of hydrogen-bond acceptors (Lipinski definition) is 4. The molecule has 0 saturated carbocycles. The van der Waals surface area contributed by atoms with E-state index in [-0.39, 0.29) is 11.7 Å². The standard InChI is InChI=1S/C18H20N2O4S/c1-3-13-24-17-11-9-15(10-12-17)19-18(21)14-5-7-16(8-6-14)20-25(22,23)4-2/h3,5-12,20H,1,4,13H2,2H3,(H,19,21). The minimum atomic E-state index is -3.33. The molecule has 0 aliphatic rings. The Bertz CT molecular complexity index is 828. The third-order valence-corrected chi connectivity index (χ3v) is 4.59. The van der Waals surface area contributed by atoms with E-state index in [9.17, 15) is 13.2 Å². The predicted molar refractivity (Wildman–Crippen MR) is 99.6 cm³/mol. The number of carbonyl (C=O) groups is 1. The summed E-state index contributed by atoms with van der Waals surface area (Å²) < 4.78 is 30.8. The van der Waals surface area contributed by atoms with Gasteiger partial charge in [-0.25, -0.2) is 8.42 Å². The van der Waals surface area contributed by atoms with E-state index < -0.39 is 10.0 Å². The number of sulfonamides is 1. The van der Waals surface area contributed by atoms with Gasteiger partial charge in [0.2, 0.25) is 10.0 Å². The summed E-state index contributed by atoms with van der Waals surface area (Å²) in [5, 5.41) is 2.77. The smallest absolute Gasteiger partial charge is 0.255 e. The van der Waals surface area contributed by atoms with Crippen molar-refractivity contribution in [3.63, 3.8) is 0 Å². The number of benzene rings is 2. The van der Waals surface area contributed by atoms with Crippen molar-refractivity contribution in [2.75, 3.05) is 22.4 Å². The maximum atomic E-state index is 12.2. The summed E-state index contributed by atoms with van der Waals surface area (Å²) in [7, 11) is -3.33. The molecule has 0 heterocycles. The molecule has 1 amide bonds. The summed E-state index contributed by atoms with van der Waals surface area (Å²) in [6.45, 7) is 5.55. The number of amides is 1. The Labute approximate surface area is 147 Å². The summed E-state index contributed by atoms with van der Waals surface area (Å²) in [6, 6.07) is 13.2. The number of nitrogens with one attached hydrogen (secondary N) is 2. The summed E-state index contributed by atoms with van der Waals surface area (Å²) >= 11 is 0. The number of anilines is 2. The lowest BCUT2D eigenvalue weighted by atomic mass is 10.2. The molecule has 7 heteroatoms. The molecule has 0 atom stereocenters. The third kappa shape index (κ3) is 5.65. The fraction of sp³-hybridized carbons (Fsp3) is 0.167. The predicted octanol–water partition coefficient (Wildman–Crippen LogP) is 3.27. The molecule has 0 unspecified atom stereocenters. The van der Waals surface area contributed by atoms with Gasteiger partial charge in [0.1, 0.15) is 12.4 Å². The molecule has 2 aromatic rings. The van der Waals surface area contributed by atoms with Gasteiger partial charge in [0.05, 0.1) is 5.75 Å². The minimum absolute atomic E-state index is 0.0122.